The van der Waals surface area contributed by atoms with E-state index in [1.807, 2.05) is 30.0 Å². The van der Waals surface area contributed by atoms with Gasteiger partial charge in [-0.2, -0.15) is 16.7 Å². The molecular formula is C16H21N3OS. The number of aromatic nitrogens is 2. The molecule has 2 aromatic rings. The van der Waals surface area contributed by atoms with Crippen molar-refractivity contribution in [2.24, 2.45) is 0 Å². The number of rotatable bonds is 6. The molecule has 2 unspecified atom stereocenters. The molecule has 0 radical (unpaired) electrons. The first-order valence-electron chi connectivity index (χ1n) is 7.54. The highest BCUT2D eigenvalue weighted by Crippen LogP contribution is 2.32. The first-order valence-corrected chi connectivity index (χ1v) is 8.70. The van der Waals surface area contributed by atoms with Gasteiger partial charge in [-0.15, -0.1) is 0 Å². The molecule has 0 saturated carbocycles. The van der Waals surface area contributed by atoms with Gasteiger partial charge in [-0.25, -0.2) is 0 Å². The summed E-state index contributed by atoms with van der Waals surface area (Å²) in [5.74, 6) is 4.11. The van der Waals surface area contributed by atoms with Crippen molar-refractivity contribution in [2.75, 3.05) is 18.1 Å². The monoisotopic (exact) mass is 303 g/mol. The molecule has 0 bridgehead atoms. The van der Waals surface area contributed by atoms with Crippen LogP contribution < -0.4 is 5.32 Å². The molecule has 5 heteroatoms. The topological polar surface area (TPSA) is 51.0 Å². The lowest BCUT2D eigenvalue weighted by Gasteiger charge is -2.16. The molecule has 0 aliphatic carbocycles. The number of nitrogens with zero attached hydrogens (tertiary/aromatic N) is 2. The van der Waals surface area contributed by atoms with Gasteiger partial charge in [0.2, 0.25) is 5.89 Å². The van der Waals surface area contributed by atoms with Crippen LogP contribution in [0, 0.1) is 0 Å². The summed E-state index contributed by atoms with van der Waals surface area (Å²) < 4.78 is 5.52. The van der Waals surface area contributed by atoms with Crippen molar-refractivity contribution >= 4 is 11.8 Å². The van der Waals surface area contributed by atoms with Gasteiger partial charge in [0.1, 0.15) is 0 Å². The Bertz CT molecular complexity index is 558. The number of hydrogen-bond acceptors (Lipinski definition) is 5. The maximum atomic E-state index is 5.52. The van der Waals surface area contributed by atoms with Crippen molar-refractivity contribution in [3.63, 3.8) is 0 Å². The quantitative estimate of drug-likeness (QED) is 0.889. The first-order chi connectivity index (χ1) is 10.4. The summed E-state index contributed by atoms with van der Waals surface area (Å²) in [6.07, 6.45) is 1.88. The molecule has 0 amide bonds. The molecule has 1 fully saturated rings. The van der Waals surface area contributed by atoms with Crippen LogP contribution in [0.1, 0.15) is 36.5 Å². The summed E-state index contributed by atoms with van der Waals surface area (Å²) in [7, 11) is 0. The zero-order valence-electron chi connectivity index (χ0n) is 12.3. The van der Waals surface area contributed by atoms with E-state index < -0.39 is 0 Å². The van der Waals surface area contributed by atoms with Crippen LogP contribution in [0.5, 0.6) is 0 Å². The molecule has 1 aliphatic rings. The Morgan fingerprint density at radius 3 is 2.95 bits per heavy atom. The van der Waals surface area contributed by atoms with Crippen molar-refractivity contribution in [1.29, 1.82) is 0 Å². The Morgan fingerprint density at radius 2 is 2.14 bits per heavy atom. The molecule has 112 valence electrons. The second-order valence-electron chi connectivity index (χ2n) is 5.42. The molecule has 1 aromatic heterocycles. The highest BCUT2D eigenvalue weighted by Gasteiger charge is 2.32. The average molecular weight is 303 g/mol. The van der Waals surface area contributed by atoms with Crippen molar-refractivity contribution in [1.82, 2.24) is 15.5 Å². The summed E-state index contributed by atoms with van der Waals surface area (Å²) in [5, 5.41) is 7.74. The van der Waals surface area contributed by atoms with Crippen molar-refractivity contribution in [2.45, 2.75) is 31.7 Å². The van der Waals surface area contributed by atoms with Gasteiger partial charge in [-0.05, 0) is 18.5 Å². The van der Waals surface area contributed by atoms with Crippen LogP contribution in [-0.4, -0.2) is 34.2 Å². The van der Waals surface area contributed by atoms with E-state index in [0.29, 0.717) is 12.0 Å². The fraction of sp³-hybridized carbons (Fsp3) is 0.500. The minimum Gasteiger partial charge on any atom is -0.339 e. The van der Waals surface area contributed by atoms with Crippen molar-refractivity contribution in [3.8, 4) is 0 Å². The average Bonchev–Trinajstić information content (AvgIpc) is 3.15. The smallest absolute Gasteiger partial charge is 0.232 e. The second-order valence-corrected chi connectivity index (χ2v) is 6.49. The maximum Gasteiger partial charge on any atom is 0.232 e. The van der Waals surface area contributed by atoms with Gasteiger partial charge in [-0.1, -0.05) is 42.4 Å². The van der Waals surface area contributed by atoms with Gasteiger partial charge in [0.25, 0.3) is 0 Å². The molecule has 2 atom stereocenters. The molecule has 0 spiro atoms. The van der Waals surface area contributed by atoms with E-state index in [4.69, 9.17) is 4.52 Å². The van der Waals surface area contributed by atoms with Gasteiger partial charge < -0.3 is 9.84 Å². The summed E-state index contributed by atoms with van der Waals surface area (Å²) in [5.41, 5.74) is 1.21. The van der Waals surface area contributed by atoms with Crippen molar-refractivity contribution in [3.05, 3.63) is 47.6 Å². The predicted octanol–water partition coefficient (Wildman–Crippen LogP) is 2.86. The minimum atomic E-state index is 0.346. The number of thioether (sulfide) groups is 1. The highest BCUT2D eigenvalue weighted by atomic mass is 32.2. The summed E-state index contributed by atoms with van der Waals surface area (Å²) in [6, 6.07) is 10.7. The number of benzene rings is 1. The Labute approximate surface area is 129 Å². The molecule has 2 heterocycles. The summed E-state index contributed by atoms with van der Waals surface area (Å²) in [6.45, 7) is 3.24. The van der Waals surface area contributed by atoms with Crippen LogP contribution in [0.2, 0.25) is 0 Å². The van der Waals surface area contributed by atoms with E-state index in [0.717, 1.165) is 42.6 Å². The van der Waals surface area contributed by atoms with Crippen LogP contribution in [0.25, 0.3) is 0 Å². The molecule has 4 nitrogen and oxygen atoms in total. The van der Waals surface area contributed by atoms with Gasteiger partial charge in [0.05, 0.1) is 5.92 Å². The molecule has 1 aliphatic heterocycles. The molecule has 1 N–H and O–H groups in total. The summed E-state index contributed by atoms with van der Waals surface area (Å²) >= 11 is 1.96. The molecule has 1 saturated heterocycles. The highest BCUT2D eigenvalue weighted by molar-refractivity contribution is 7.99. The standard InChI is InChI=1S/C16H21N3OS/c1-2-8-17-14-11-21-10-13(14)16-18-15(19-20-16)9-12-6-4-3-5-7-12/h3-7,13-14,17H,2,8-11H2,1H3. The van der Waals surface area contributed by atoms with E-state index in [1.54, 1.807) is 0 Å². The lowest BCUT2D eigenvalue weighted by atomic mass is 10.0. The first kappa shape index (κ1) is 14.6. The van der Waals surface area contributed by atoms with E-state index >= 15 is 0 Å². The summed E-state index contributed by atoms with van der Waals surface area (Å²) in [4.78, 5) is 4.61. The third kappa shape index (κ3) is 3.66. The van der Waals surface area contributed by atoms with Crippen LogP contribution in [-0.2, 0) is 6.42 Å². The third-order valence-electron chi connectivity index (χ3n) is 3.74. The zero-order valence-corrected chi connectivity index (χ0v) is 13.1. The predicted molar refractivity (Wildman–Crippen MR) is 85.7 cm³/mol. The Morgan fingerprint density at radius 1 is 1.29 bits per heavy atom. The molecule has 3 rings (SSSR count). The number of nitrogens with one attached hydrogen (secondary N) is 1. The minimum absolute atomic E-state index is 0.346. The van der Waals surface area contributed by atoms with E-state index in [-0.39, 0.29) is 0 Å². The SMILES string of the molecule is CCCNC1CSCC1c1nc(Cc2ccccc2)no1. The lowest BCUT2D eigenvalue weighted by molar-refractivity contribution is 0.336. The third-order valence-corrected chi connectivity index (χ3v) is 4.93. The van der Waals surface area contributed by atoms with Crippen LogP contribution >= 0.6 is 11.8 Å². The lowest BCUT2D eigenvalue weighted by Crippen LogP contribution is -2.34. The second kappa shape index (κ2) is 7.09. The molecule has 1 aromatic carbocycles. The van der Waals surface area contributed by atoms with Gasteiger partial charge >= 0.3 is 0 Å². The maximum absolute atomic E-state index is 5.52. The zero-order chi connectivity index (χ0) is 14.5. The van der Waals surface area contributed by atoms with Gasteiger partial charge in [0, 0.05) is 24.0 Å². The molecule has 21 heavy (non-hydrogen) atoms. The fourth-order valence-corrected chi connectivity index (χ4v) is 3.97. The van der Waals surface area contributed by atoms with Crippen LogP contribution in [0.3, 0.4) is 0 Å². The largest absolute Gasteiger partial charge is 0.339 e. The van der Waals surface area contributed by atoms with E-state index in [1.165, 1.54) is 5.56 Å². The van der Waals surface area contributed by atoms with E-state index in [2.05, 4.69) is 34.5 Å². The number of hydrogen-bond donors (Lipinski definition) is 1. The molecular weight excluding hydrogens is 282 g/mol. The Hall–Kier alpha value is -1.33. The van der Waals surface area contributed by atoms with E-state index in [9.17, 15) is 0 Å². The van der Waals surface area contributed by atoms with Gasteiger partial charge in [0.15, 0.2) is 5.82 Å². The van der Waals surface area contributed by atoms with Crippen molar-refractivity contribution < 1.29 is 4.52 Å². The van der Waals surface area contributed by atoms with Crippen LogP contribution in [0.4, 0.5) is 0 Å². The normalized spacial score (nSPS) is 21.8. The fourth-order valence-electron chi connectivity index (χ4n) is 2.60. The Balaban J connectivity index is 1.66. The van der Waals surface area contributed by atoms with Gasteiger partial charge in [-0.3, -0.25) is 0 Å². The Kier molecular flexibility index (Phi) is 4.93. The van der Waals surface area contributed by atoms with Crippen LogP contribution in [0.15, 0.2) is 34.9 Å².